The normalized spacial score (nSPS) is 18.9. The quantitative estimate of drug-likeness (QED) is 0.214. The van der Waals surface area contributed by atoms with Gasteiger partial charge in [-0.25, -0.2) is 14.4 Å². The van der Waals surface area contributed by atoms with Crippen molar-refractivity contribution in [3.8, 4) is 0 Å². The molecule has 0 aliphatic carbocycles. The maximum Gasteiger partial charge on any atom is 0.410 e. The molecule has 0 saturated carbocycles. The van der Waals surface area contributed by atoms with Gasteiger partial charge in [-0.1, -0.05) is 50.8 Å². The van der Waals surface area contributed by atoms with Crippen LogP contribution >= 0.6 is 0 Å². The fourth-order valence-corrected chi connectivity index (χ4v) is 4.72. The molecule has 3 rings (SSSR count). The summed E-state index contributed by atoms with van der Waals surface area (Å²) in [5.41, 5.74) is 3.02. The number of ether oxygens (including phenoxy) is 3. The number of alkyl carbamates (subject to hydrolysis) is 1. The Morgan fingerprint density at radius 3 is 2.61 bits per heavy atom. The van der Waals surface area contributed by atoms with E-state index < -0.39 is 42.3 Å². The highest BCUT2D eigenvalue weighted by molar-refractivity contribution is 5.90. The van der Waals surface area contributed by atoms with E-state index in [0.29, 0.717) is 25.9 Å². The van der Waals surface area contributed by atoms with E-state index in [0.717, 1.165) is 16.7 Å². The van der Waals surface area contributed by atoms with Crippen LogP contribution in [0.25, 0.3) is 6.08 Å². The van der Waals surface area contributed by atoms with Crippen LogP contribution in [0.1, 0.15) is 49.8 Å². The third-order valence-electron chi connectivity index (χ3n) is 6.78. The minimum Gasteiger partial charge on any atom is -0.467 e. The molecule has 206 valence electrons. The number of nitrogens with zero attached hydrogens (tertiary/aromatic N) is 2. The van der Waals surface area contributed by atoms with Crippen LogP contribution in [0.4, 0.5) is 9.59 Å². The average Bonchev–Trinajstić information content (AvgIpc) is 3.53. The molecule has 0 bridgehead atoms. The summed E-state index contributed by atoms with van der Waals surface area (Å²) >= 11 is 0. The van der Waals surface area contributed by atoms with Crippen molar-refractivity contribution in [3.63, 3.8) is 0 Å². The molecule has 3 amide bonds. The second kappa shape index (κ2) is 13.1. The zero-order valence-corrected chi connectivity index (χ0v) is 22.3. The molecule has 0 radical (unpaired) electrons. The Hall–Kier alpha value is -3.82. The fraction of sp³-hybridized carbons (Fsp3) is 0.500. The van der Waals surface area contributed by atoms with E-state index in [-0.39, 0.29) is 25.5 Å². The zero-order valence-electron chi connectivity index (χ0n) is 22.3. The predicted octanol–water partition coefficient (Wildman–Crippen LogP) is 3.64. The van der Waals surface area contributed by atoms with E-state index in [2.05, 4.69) is 18.5 Å². The Bertz CT molecular complexity index is 1070. The van der Waals surface area contributed by atoms with Crippen LogP contribution in [0.2, 0.25) is 0 Å². The Balaban J connectivity index is 1.66. The van der Waals surface area contributed by atoms with Crippen LogP contribution in [0, 0.1) is 5.92 Å². The summed E-state index contributed by atoms with van der Waals surface area (Å²) in [7, 11) is 1.24. The van der Waals surface area contributed by atoms with Crippen LogP contribution in [0.3, 0.4) is 0 Å². The summed E-state index contributed by atoms with van der Waals surface area (Å²) in [6.45, 7) is 12.0. The molecule has 10 nitrogen and oxygen atoms in total. The number of esters is 1. The van der Waals surface area contributed by atoms with Gasteiger partial charge in [0.1, 0.15) is 18.2 Å². The SMILES string of the molecule is C=CCCCOC(=O)N[C@H](C(=O)N1C[C@H](OC(=O)N2Cc3cccc(C=C)c3C2)C[C@H]1C(=O)OC)C(C)C. The van der Waals surface area contributed by atoms with Gasteiger partial charge >= 0.3 is 18.2 Å². The Morgan fingerprint density at radius 2 is 1.95 bits per heavy atom. The number of likely N-dealkylation sites (tertiary alicyclic amines) is 1. The van der Waals surface area contributed by atoms with Crippen molar-refractivity contribution in [1.29, 1.82) is 0 Å². The molecule has 2 heterocycles. The van der Waals surface area contributed by atoms with Gasteiger partial charge in [0.05, 0.1) is 26.8 Å². The third-order valence-corrected chi connectivity index (χ3v) is 6.78. The zero-order chi connectivity index (χ0) is 27.8. The molecule has 0 aromatic heterocycles. The Morgan fingerprint density at radius 1 is 1.18 bits per heavy atom. The highest BCUT2D eigenvalue weighted by Gasteiger charge is 2.45. The molecule has 1 N–H and O–H groups in total. The van der Waals surface area contributed by atoms with E-state index in [1.54, 1.807) is 30.9 Å². The number of hydrogen-bond acceptors (Lipinski definition) is 7. The van der Waals surface area contributed by atoms with Gasteiger partial charge in [0.2, 0.25) is 5.91 Å². The van der Waals surface area contributed by atoms with Gasteiger partial charge in [0.25, 0.3) is 0 Å². The molecule has 2 aliphatic rings. The number of methoxy groups -OCH3 is 1. The third kappa shape index (κ3) is 6.73. The smallest absolute Gasteiger partial charge is 0.410 e. The second-order valence-electron chi connectivity index (χ2n) is 9.75. The maximum absolute atomic E-state index is 13.5. The van der Waals surface area contributed by atoms with E-state index >= 15 is 0 Å². The minimum absolute atomic E-state index is 0.00230. The first kappa shape index (κ1) is 28.7. The topological polar surface area (TPSA) is 114 Å². The molecular weight excluding hydrogens is 490 g/mol. The first-order valence-corrected chi connectivity index (χ1v) is 12.8. The summed E-state index contributed by atoms with van der Waals surface area (Å²) in [5.74, 6) is -1.37. The summed E-state index contributed by atoms with van der Waals surface area (Å²) in [6, 6.07) is 3.94. The molecule has 1 fully saturated rings. The first-order chi connectivity index (χ1) is 18.2. The van der Waals surface area contributed by atoms with Gasteiger partial charge in [-0.15, -0.1) is 6.58 Å². The number of fused-ring (bicyclic) bond motifs is 1. The highest BCUT2D eigenvalue weighted by Crippen LogP contribution is 2.29. The number of rotatable bonds is 10. The lowest BCUT2D eigenvalue weighted by Crippen LogP contribution is -2.54. The first-order valence-electron chi connectivity index (χ1n) is 12.8. The van der Waals surface area contributed by atoms with E-state index in [1.165, 1.54) is 12.0 Å². The lowest BCUT2D eigenvalue weighted by atomic mass is 10.0. The molecular formula is C28H37N3O7. The number of allylic oxidation sites excluding steroid dienone is 1. The highest BCUT2D eigenvalue weighted by atomic mass is 16.6. The van der Waals surface area contributed by atoms with Crippen LogP contribution in [-0.4, -0.2) is 72.3 Å². The molecule has 0 spiro atoms. The second-order valence-corrected chi connectivity index (χ2v) is 9.75. The largest absolute Gasteiger partial charge is 0.467 e. The summed E-state index contributed by atoms with van der Waals surface area (Å²) in [4.78, 5) is 54.3. The van der Waals surface area contributed by atoms with Crippen LogP contribution in [0.15, 0.2) is 37.4 Å². The van der Waals surface area contributed by atoms with Crippen LogP contribution in [0.5, 0.6) is 0 Å². The van der Waals surface area contributed by atoms with Crippen LogP contribution < -0.4 is 5.32 Å². The fourth-order valence-electron chi connectivity index (χ4n) is 4.72. The number of hydrogen-bond donors (Lipinski definition) is 1. The summed E-state index contributed by atoms with van der Waals surface area (Å²) in [6.07, 6.45) is 2.95. The van der Waals surface area contributed by atoms with Crippen molar-refractivity contribution in [2.24, 2.45) is 5.92 Å². The number of carbonyl (C=O) groups is 4. The van der Waals surface area contributed by atoms with Crippen molar-refractivity contribution in [2.45, 2.75) is 64.4 Å². The molecule has 1 aromatic carbocycles. The number of amides is 3. The lowest BCUT2D eigenvalue weighted by Gasteiger charge is -2.29. The van der Waals surface area contributed by atoms with Gasteiger partial charge in [0, 0.05) is 13.0 Å². The lowest BCUT2D eigenvalue weighted by molar-refractivity contribution is -0.151. The van der Waals surface area contributed by atoms with E-state index in [1.807, 2.05) is 18.2 Å². The molecule has 2 aliphatic heterocycles. The van der Waals surface area contributed by atoms with Crippen molar-refractivity contribution in [1.82, 2.24) is 15.1 Å². The molecule has 3 atom stereocenters. The van der Waals surface area contributed by atoms with Gasteiger partial charge < -0.3 is 24.4 Å². The number of benzene rings is 1. The summed E-state index contributed by atoms with van der Waals surface area (Å²) in [5, 5.41) is 2.61. The standard InChI is InChI=1S/C28H37N3O7/c1-6-8-9-13-37-27(34)29-24(18(3)4)25(32)31-16-21(14-23(31)26(33)36-5)38-28(35)30-15-20-12-10-11-19(7-2)22(20)17-30/h6-7,10-12,18,21,23-24H,1-2,8-9,13-17H2,3-5H3,(H,29,34)/t21-,23+,24+/m1/s1. The number of unbranched alkanes of at least 4 members (excludes halogenated alkanes) is 1. The monoisotopic (exact) mass is 527 g/mol. The van der Waals surface area contributed by atoms with Crippen LogP contribution in [-0.2, 0) is 36.9 Å². The molecule has 1 aromatic rings. The number of carbonyl (C=O) groups excluding carboxylic acids is 4. The van der Waals surface area contributed by atoms with Gasteiger partial charge in [-0.2, -0.15) is 0 Å². The molecule has 1 saturated heterocycles. The van der Waals surface area contributed by atoms with Crippen molar-refractivity contribution in [2.75, 3.05) is 20.3 Å². The molecule has 10 heteroatoms. The minimum atomic E-state index is -0.944. The van der Waals surface area contributed by atoms with Crippen molar-refractivity contribution < 1.29 is 33.4 Å². The average molecular weight is 528 g/mol. The predicted molar refractivity (Wildman–Crippen MR) is 141 cm³/mol. The molecule has 38 heavy (non-hydrogen) atoms. The van der Waals surface area contributed by atoms with Crippen molar-refractivity contribution >= 4 is 30.1 Å². The van der Waals surface area contributed by atoms with Gasteiger partial charge in [-0.05, 0) is 35.4 Å². The Labute approximate surface area is 223 Å². The maximum atomic E-state index is 13.5. The molecule has 0 unspecified atom stereocenters. The van der Waals surface area contributed by atoms with Crippen molar-refractivity contribution in [3.05, 3.63) is 54.1 Å². The Kier molecular flexibility index (Phi) is 9.92. The van der Waals surface area contributed by atoms with Gasteiger partial charge in [0.15, 0.2) is 0 Å². The van der Waals surface area contributed by atoms with E-state index in [9.17, 15) is 19.2 Å². The van der Waals surface area contributed by atoms with E-state index in [4.69, 9.17) is 14.2 Å². The van der Waals surface area contributed by atoms with Gasteiger partial charge in [-0.3, -0.25) is 9.69 Å². The summed E-state index contributed by atoms with van der Waals surface area (Å²) < 4.78 is 15.8. The number of nitrogens with one attached hydrogen (secondary N) is 1.